The molecule has 0 aromatic carbocycles. The molecule has 0 aliphatic carbocycles. The summed E-state index contributed by atoms with van der Waals surface area (Å²) in [5.41, 5.74) is 1.71. The summed E-state index contributed by atoms with van der Waals surface area (Å²) < 4.78 is 11.5. The van der Waals surface area contributed by atoms with Gasteiger partial charge >= 0.3 is 5.97 Å². The van der Waals surface area contributed by atoms with Gasteiger partial charge in [-0.15, -0.1) is 5.10 Å². The van der Waals surface area contributed by atoms with Gasteiger partial charge in [-0.2, -0.15) is 0 Å². The van der Waals surface area contributed by atoms with Gasteiger partial charge in [-0.25, -0.2) is 9.48 Å². The van der Waals surface area contributed by atoms with Gasteiger partial charge < -0.3 is 9.47 Å². The maximum atomic E-state index is 11.8. The number of carbonyl (C=O) groups excluding carboxylic acids is 1. The molecule has 0 aliphatic rings. The van der Waals surface area contributed by atoms with Crippen molar-refractivity contribution in [2.24, 2.45) is 0 Å². The molecular formula is C14H18N4O3. The van der Waals surface area contributed by atoms with E-state index in [1.807, 2.05) is 12.1 Å². The van der Waals surface area contributed by atoms with Crippen LogP contribution in [0.1, 0.15) is 23.3 Å². The molecule has 0 fully saturated rings. The molecule has 0 aliphatic heterocycles. The topological polar surface area (TPSA) is 79.1 Å². The summed E-state index contributed by atoms with van der Waals surface area (Å²) in [4.78, 5) is 15.8. The van der Waals surface area contributed by atoms with Crippen molar-refractivity contribution in [3.8, 4) is 11.3 Å². The minimum absolute atomic E-state index is 0.218. The molecule has 0 radical (unpaired) electrons. The smallest absolute Gasteiger partial charge is 0.360 e. The van der Waals surface area contributed by atoms with Crippen molar-refractivity contribution in [1.29, 1.82) is 0 Å². The summed E-state index contributed by atoms with van der Waals surface area (Å²) in [6.07, 6.45) is 5.13. The fourth-order valence-corrected chi connectivity index (χ4v) is 2.01. The van der Waals surface area contributed by atoms with Crippen LogP contribution in [-0.4, -0.2) is 46.8 Å². The molecule has 2 rings (SSSR count). The molecule has 2 heterocycles. The third-order valence-electron chi connectivity index (χ3n) is 3.04. The number of hydrogen-bond donors (Lipinski definition) is 0. The number of ether oxygens (including phenoxy) is 2. The fraction of sp³-hybridized carbons (Fsp3) is 0.429. The lowest BCUT2D eigenvalue weighted by Crippen LogP contribution is -2.07. The molecule has 2 aromatic rings. The van der Waals surface area contributed by atoms with Gasteiger partial charge in [-0.1, -0.05) is 5.21 Å². The second-order valence-electron chi connectivity index (χ2n) is 4.44. The van der Waals surface area contributed by atoms with Crippen molar-refractivity contribution in [3.05, 3.63) is 30.2 Å². The number of carbonyl (C=O) groups is 1. The molecule has 7 heteroatoms. The SMILES string of the molecule is COCCCCn1nnc(C(=O)OC)c1-c1ccncc1. The zero-order valence-electron chi connectivity index (χ0n) is 12.2. The zero-order valence-corrected chi connectivity index (χ0v) is 12.2. The highest BCUT2D eigenvalue weighted by molar-refractivity contribution is 5.93. The fourth-order valence-electron chi connectivity index (χ4n) is 2.01. The number of unbranched alkanes of at least 4 members (excludes halogenated alkanes) is 1. The van der Waals surface area contributed by atoms with Crippen LogP contribution in [-0.2, 0) is 16.0 Å². The van der Waals surface area contributed by atoms with Crippen LogP contribution in [0.15, 0.2) is 24.5 Å². The Kier molecular flexibility index (Phi) is 5.39. The van der Waals surface area contributed by atoms with Gasteiger partial charge in [0.25, 0.3) is 0 Å². The summed E-state index contributed by atoms with van der Waals surface area (Å²) in [6.45, 7) is 1.36. The van der Waals surface area contributed by atoms with Gasteiger partial charge in [0.1, 0.15) is 5.69 Å². The van der Waals surface area contributed by atoms with E-state index in [1.165, 1.54) is 7.11 Å². The average molecular weight is 290 g/mol. The number of aromatic nitrogens is 4. The molecule has 112 valence electrons. The molecule has 0 saturated carbocycles. The molecule has 0 unspecified atom stereocenters. The Morgan fingerprint density at radius 1 is 1.24 bits per heavy atom. The maximum absolute atomic E-state index is 11.8. The Balaban J connectivity index is 2.28. The second-order valence-corrected chi connectivity index (χ2v) is 4.44. The molecule has 0 N–H and O–H groups in total. The van der Waals surface area contributed by atoms with Gasteiger partial charge in [-0.3, -0.25) is 4.98 Å². The Labute approximate surface area is 122 Å². The second kappa shape index (κ2) is 7.49. The lowest BCUT2D eigenvalue weighted by Gasteiger charge is -2.07. The van der Waals surface area contributed by atoms with Crippen molar-refractivity contribution in [2.75, 3.05) is 20.8 Å². The van der Waals surface area contributed by atoms with E-state index in [4.69, 9.17) is 9.47 Å². The maximum Gasteiger partial charge on any atom is 0.360 e. The molecule has 0 atom stereocenters. The van der Waals surface area contributed by atoms with E-state index >= 15 is 0 Å². The van der Waals surface area contributed by atoms with Gasteiger partial charge in [0.05, 0.1) is 7.11 Å². The molecule has 0 amide bonds. The number of aryl methyl sites for hydroxylation is 1. The number of esters is 1. The van der Waals surface area contributed by atoms with E-state index in [-0.39, 0.29) is 5.69 Å². The first-order chi connectivity index (χ1) is 10.3. The van der Waals surface area contributed by atoms with Crippen LogP contribution in [0.2, 0.25) is 0 Å². The molecule has 0 bridgehead atoms. The van der Waals surface area contributed by atoms with E-state index in [0.717, 1.165) is 18.4 Å². The molecule has 0 saturated heterocycles. The third-order valence-corrected chi connectivity index (χ3v) is 3.04. The van der Waals surface area contributed by atoms with Crippen molar-refractivity contribution in [2.45, 2.75) is 19.4 Å². The van der Waals surface area contributed by atoms with E-state index in [2.05, 4.69) is 15.3 Å². The Morgan fingerprint density at radius 2 is 2.00 bits per heavy atom. The van der Waals surface area contributed by atoms with E-state index in [0.29, 0.717) is 18.8 Å². The molecule has 2 aromatic heterocycles. The van der Waals surface area contributed by atoms with E-state index in [9.17, 15) is 4.79 Å². The highest BCUT2D eigenvalue weighted by Gasteiger charge is 2.21. The summed E-state index contributed by atoms with van der Waals surface area (Å²) in [5.74, 6) is -0.495. The Hall–Kier alpha value is -2.28. The van der Waals surface area contributed by atoms with Crippen LogP contribution in [0.25, 0.3) is 11.3 Å². The molecular weight excluding hydrogens is 272 g/mol. The Morgan fingerprint density at radius 3 is 2.67 bits per heavy atom. The average Bonchev–Trinajstić information content (AvgIpc) is 2.95. The van der Waals surface area contributed by atoms with E-state index < -0.39 is 5.97 Å². The largest absolute Gasteiger partial charge is 0.464 e. The summed E-state index contributed by atoms with van der Waals surface area (Å²) in [7, 11) is 3.00. The van der Waals surface area contributed by atoms with Crippen molar-refractivity contribution < 1.29 is 14.3 Å². The highest BCUT2D eigenvalue weighted by atomic mass is 16.5. The minimum Gasteiger partial charge on any atom is -0.464 e. The first-order valence-corrected chi connectivity index (χ1v) is 6.69. The van der Waals surface area contributed by atoms with Crippen LogP contribution in [0.5, 0.6) is 0 Å². The van der Waals surface area contributed by atoms with Crippen LogP contribution in [0, 0.1) is 0 Å². The van der Waals surface area contributed by atoms with Crippen LogP contribution >= 0.6 is 0 Å². The molecule has 21 heavy (non-hydrogen) atoms. The summed E-state index contributed by atoms with van der Waals surface area (Å²) in [6, 6.07) is 3.63. The predicted molar refractivity (Wildman–Crippen MR) is 75.7 cm³/mol. The number of hydrogen-bond acceptors (Lipinski definition) is 6. The van der Waals surface area contributed by atoms with Gasteiger partial charge in [-0.05, 0) is 25.0 Å². The van der Waals surface area contributed by atoms with Crippen LogP contribution in [0.3, 0.4) is 0 Å². The van der Waals surface area contributed by atoms with Crippen LogP contribution < -0.4 is 0 Å². The molecule has 0 spiro atoms. The standard InChI is InChI=1S/C14H18N4O3/c1-20-10-4-3-9-18-13(11-5-7-15-8-6-11)12(16-17-18)14(19)21-2/h5-8H,3-4,9-10H2,1-2H3. The quantitative estimate of drug-likeness (QED) is 0.568. The predicted octanol–water partition coefficient (Wildman–Crippen LogP) is 1.55. The number of rotatable bonds is 7. The first-order valence-electron chi connectivity index (χ1n) is 6.69. The summed E-state index contributed by atoms with van der Waals surface area (Å²) >= 11 is 0. The van der Waals surface area contributed by atoms with Crippen molar-refractivity contribution in [1.82, 2.24) is 20.0 Å². The number of pyridine rings is 1. The van der Waals surface area contributed by atoms with Crippen LogP contribution in [0.4, 0.5) is 0 Å². The van der Waals surface area contributed by atoms with Gasteiger partial charge in [0.15, 0.2) is 5.69 Å². The Bertz CT molecular complexity index is 583. The lowest BCUT2D eigenvalue weighted by atomic mass is 10.1. The first kappa shape index (κ1) is 15.1. The number of nitrogens with zero attached hydrogens (tertiary/aromatic N) is 4. The molecule has 7 nitrogen and oxygen atoms in total. The zero-order chi connectivity index (χ0) is 15.1. The van der Waals surface area contributed by atoms with Gasteiger partial charge in [0.2, 0.25) is 0 Å². The van der Waals surface area contributed by atoms with Crippen molar-refractivity contribution in [3.63, 3.8) is 0 Å². The number of methoxy groups -OCH3 is 2. The van der Waals surface area contributed by atoms with Crippen molar-refractivity contribution >= 4 is 5.97 Å². The monoisotopic (exact) mass is 290 g/mol. The highest BCUT2D eigenvalue weighted by Crippen LogP contribution is 2.22. The normalized spacial score (nSPS) is 10.6. The van der Waals surface area contributed by atoms with E-state index in [1.54, 1.807) is 24.2 Å². The lowest BCUT2D eigenvalue weighted by molar-refractivity contribution is 0.0595. The van der Waals surface area contributed by atoms with Gasteiger partial charge in [0, 0.05) is 38.2 Å². The summed E-state index contributed by atoms with van der Waals surface area (Å²) in [5, 5.41) is 8.01. The minimum atomic E-state index is -0.495. The third kappa shape index (κ3) is 3.63.